The van der Waals surface area contributed by atoms with Crippen molar-refractivity contribution >= 4 is 23.4 Å². The van der Waals surface area contributed by atoms with E-state index in [2.05, 4.69) is 22.4 Å². The van der Waals surface area contributed by atoms with E-state index in [1.54, 1.807) is 30.9 Å². The van der Waals surface area contributed by atoms with Crippen LogP contribution >= 0.6 is 11.8 Å². The molecule has 0 unspecified atom stereocenters. The summed E-state index contributed by atoms with van der Waals surface area (Å²) >= 11 is 1.55. The van der Waals surface area contributed by atoms with Gasteiger partial charge in [-0.1, -0.05) is 23.9 Å². The zero-order chi connectivity index (χ0) is 20.6. The minimum Gasteiger partial charge on any atom is -0.493 e. The van der Waals surface area contributed by atoms with Crippen LogP contribution in [0.4, 0.5) is 10.1 Å². The van der Waals surface area contributed by atoms with E-state index in [1.165, 1.54) is 30.1 Å². The Labute approximate surface area is 172 Å². The predicted octanol–water partition coefficient (Wildman–Crippen LogP) is 5.12. The lowest BCUT2D eigenvalue weighted by Gasteiger charge is -2.17. The number of benzene rings is 2. The molecule has 2 N–H and O–H groups in total. The Morgan fingerprint density at radius 1 is 1.21 bits per heavy atom. The number of carboxylic acids is 1. The number of pyridine rings is 1. The molecule has 0 fully saturated rings. The van der Waals surface area contributed by atoms with Crippen molar-refractivity contribution in [2.75, 3.05) is 19.0 Å². The van der Waals surface area contributed by atoms with Crippen LogP contribution in [0.15, 0.2) is 70.7 Å². The van der Waals surface area contributed by atoms with Crippen molar-refractivity contribution < 1.29 is 19.0 Å². The molecular formula is C22H21FN2O3S. The Morgan fingerprint density at radius 2 is 2.03 bits per heavy atom. The number of aryl methyl sites for hydroxylation is 1. The molecule has 4 rings (SSSR count). The first-order valence-electron chi connectivity index (χ1n) is 9.11. The summed E-state index contributed by atoms with van der Waals surface area (Å²) in [6.07, 6.45) is 5.09. The second-order valence-electron chi connectivity index (χ2n) is 6.26. The van der Waals surface area contributed by atoms with Gasteiger partial charge in [0.25, 0.3) is 0 Å². The fourth-order valence-corrected chi connectivity index (χ4v) is 3.72. The second kappa shape index (κ2) is 9.93. The van der Waals surface area contributed by atoms with Gasteiger partial charge in [0.1, 0.15) is 11.6 Å². The van der Waals surface area contributed by atoms with Crippen molar-refractivity contribution in [1.82, 2.24) is 4.98 Å². The third-order valence-corrected chi connectivity index (χ3v) is 5.22. The number of ether oxygens (including phenoxy) is 1. The minimum atomic E-state index is -0.947. The molecule has 0 spiro atoms. The van der Waals surface area contributed by atoms with Gasteiger partial charge in [0.15, 0.2) is 0 Å². The number of carbonyl (C=O) groups is 1. The molecule has 2 aromatic carbocycles. The summed E-state index contributed by atoms with van der Waals surface area (Å²) in [6, 6.07) is 14.3. The average Bonchev–Trinajstić information content (AvgIpc) is 2.74. The van der Waals surface area contributed by atoms with E-state index >= 15 is 0 Å². The lowest BCUT2D eigenvalue weighted by atomic mass is 10.1. The van der Waals surface area contributed by atoms with Crippen molar-refractivity contribution in [1.29, 1.82) is 0 Å². The molecule has 3 aromatic rings. The molecule has 1 aromatic heterocycles. The van der Waals surface area contributed by atoms with Crippen LogP contribution in [0.25, 0.3) is 0 Å². The van der Waals surface area contributed by atoms with Crippen molar-refractivity contribution in [2.24, 2.45) is 0 Å². The summed E-state index contributed by atoms with van der Waals surface area (Å²) in [7, 11) is 1.66. The maximum Gasteiger partial charge on any atom is 0.337 e. The van der Waals surface area contributed by atoms with Crippen molar-refractivity contribution in [3.8, 4) is 5.75 Å². The number of aromatic carboxylic acids is 1. The van der Waals surface area contributed by atoms with Crippen LogP contribution in [-0.2, 0) is 6.42 Å². The third-order valence-electron chi connectivity index (χ3n) is 4.24. The van der Waals surface area contributed by atoms with Crippen LogP contribution in [0, 0.1) is 5.82 Å². The maximum absolute atomic E-state index is 13.1. The normalized spacial score (nSPS) is 12.1. The Kier molecular flexibility index (Phi) is 7.08. The molecular weight excluding hydrogens is 391 g/mol. The summed E-state index contributed by atoms with van der Waals surface area (Å²) in [5.41, 5.74) is 2.03. The van der Waals surface area contributed by atoms with E-state index in [-0.39, 0.29) is 11.4 Å². The molecule has 0 amide bonds. The van der Waals surface area contributed by atoms with Gasteiger partial charge in [-0.3, -0.25) is 4.98 Å². The van der Waals surface area contributed by atoms with E-state index in [1.807, 2.05) is 12.1 Å². The molecule has 2 heterocycles. The molecule has 0 saturated carbocycles. The third kappa shape index (κ3) is 5.71. The zero-order valence-corrected chi connectivity index (χ0v) is 16.7. The summed E-state index contributed by atoms with van der Waals surface area (Å²) in [5.74, 6) is -0.173. The molecule has 0 radical (unpaired) electrons. The van der Waals surface area contributed by atoms with E-state index < -0.39 is 5.97 Å². The topological polar surface area (TPSA) is 71.5 Å². The smallest absolute Gasteiger partial charge is 0.337 e. The van der Waals surface area contributed by atoms with E-state index in [0.717, 1.165) is 35.0 Å². The Morgan fingerprint density at radius 3 is 2.76 bits per heavy atom. The van der Waals surface area contributed by atoms with Crippen LogP contribution in [0.3, 0.4) is 0 Å². The molecule has 5 nitrogen and oxygen atoms in total. The van der Waals surface area contributed by atoms with E-state index in [0.29, 0.717) is 5.69 Å². The van der Waals surface area contributed by atoms with Gasteiger partial charge in [-0.2, -0.15) is 0 Å². The minimum absolute atomic E-state index is 0.200. The predicted molar refractivity (Wildman–Crippen MR) is 112 cm³/mol. The highest BCUT2D eigenvalue weighted by Gasteiger charge is 2.11. The fraction of sp³-hybridized carbons (Fsp3) is 0.182. The van der Waals surface area contributed by atoms with Crippen molar-refractivity contribution in [2.45, 2.75) is 22.6 Å². The highest BCUT2D eigenvalue weighted by atomic mass is 32.2. The molecule has 7 heteroatoms. The van der Waals surface area contributed by atoms with E-state index in [4.69, 9.17) is 9.84 Å². The lowest BCUT2D eigenvalue weighted by Crippen LogP contribution is -2.07. The number of anilines is 1. The van der Waals surface area contributed by atoms with Crippen molar-refractivity contribution in [3.05, 3.63) is 77.9 Å². The Bertz CT molecular complexity index is 997. The fourth-order valence-electron chi connectivity index (χ4n) is 2.83. The highest BCUT2D eigenvalue weighted by molar-refractivity contribution is 7.99. The van der Waals surface area contributed by atoms with Gasteiger partial charge in [0.2, 0.25) is 0 Å². The van der Waals surface area contributed by atoms with Gasteiger partial charge in [0.05, 0.1) is 24.1 Å². The summed E-state index contributed by atoms with van der Waals surface area (Å²) in [5, 5.41) is 11.4. The molecule has 0 atom stereocenters. The van der Waals surface area contributed by atoms with Crippen LogP contribution in [0.1, 0.15) is 22.3 Å². The average molecular weight is 412 g/mol. The molecule has 0 aliphatic carbocycles. The van der Waals surface area contributed by atoms with Gasteiger partial charge in [0, 0.05) is 23.0 Å². The number of fused-ring (bicyclic) bond motifs is 1. The van der Waals surface area contributed by atoms with Gasteiger partial charge in [-0.05, 0) is 54.8 Å². The first-order valence-corrected chi connectivity index (χ1v) is 9.92. The van der Waals surface area contributed by atoms with Gasteiger partial charge >= 0.3 is 5.97 Å². The maximum atomic E-state index is 13.1. The molecule has 150 valence electrons. The lowest BCUT2D eigenvalue weighted by molar-refractivity contribution is 0.0698. The molecule has 0 bridgehead atoms. The van der Waals surface area contributed by atoms with Crippen molar-refractivity contribution in [3.63, 3.8) is 0 Å². The van der Waals surface area contributed by atoms with Crippen LogP contribution in [0.5, 0.6) is 5.75 Å². The number of hydrogen-bond acceptors (Lipinski definition) is 5. The summed E-state index contributed by atoms with van der Waals surface area (Å²) < 4.78 is 18.7. The van der Waals surface area contributed by atoms with Crippen LogP contribution in [-0.4, -0.2) is 29.7 Å². The van der Waals surface area contributed by atoms with Gasteiger partial charge in [-0.15, -0.1) is 0 Å². The van der Waals surface area contributed by atoms with Gasteiger partial charge in [-0.25, -0.2) is 9.18 Å². The monoisotopic (exact) mass is 412 g/mol. The SMILES string of the molecule is CNc1cnccc1C(=O)O.Fc1cccc(Sc2ccc3c(c2)OCCC3)c1. The van der Waals surface area contributed by atoms with Crippen LogP contribution < -0.4 is 10.1 Å². The highest BCUT2D eigenvalue weighted by Crippen LogP contribution is 2.34. The quantitative estimate of drug-likeness (QED) is 0.620. The van der Waals surface area contributed by atoms with Gasteiger partial charge < -0.3 is 15.2 Å². The summed E-state index contributed by atoms with van der Waals surface area (Å²) in [4.78, 5) is 16.3. The number of rotatable bonds is 4. The largest absolute Gasteiger partial charge is 0.493 e. The molecule has 1 aliphatic rings. The molecule has 29 heavy (non-hydrogen) atoms. The molecule has 1 aliphatic heterocycles. The standard InChI is InChI=1S/C15H13FOS.C7H8N2O2/c16-12-4-1-5-13(9-12)18-14-7-6-11-3-2-8-17-15(11)10-14;1-8-6-4-9-3-2-5(6)7(10)11/h1,4-7,9-10H,2-3,8H2;2-4,8H,1H3,(H,10,11). The number of carboxylic acid groups (broad SMARTS) is 1. The number of nitrogens with one attached hydrogen (secondary N) is 1. The summed E-state index contributed by atoms with van der Waals surface area (Å²) in [6.45, 7) is 0.793. The Balaban J connectivity index is 0.000000188. The Hall–Kier alpha value is -3.06. The number of hydrogen-bond donors (Lipinski definition) is 2. The zero-order valence-electron chi connectivity index (χ0n) is 15.9. The number of halogens is 1. The number of aromatic nitrogens is 1. The second-order valence-corrected chi connectivity index (χ2v) is 7.40. The number of nitrogens with zero attached hydrogens (tertiary/aromatic N) is 1. The van der Waals surface area contributed by atoms with E-state index in [9.17, 15) is 9.18 Å². The van der Waals surface area contributed by atoms with Crippen LogP contribution in [0.2, 0.25) is 0 Å². The first-order chi connectivity index (χ1) is 14.1. The molecule has 0 saturated heterocycles. The first kappa shape index (κ1) is 20.7.